The number of nitrogens with two attached hydrogens (primary N) is 1. The number of hydrogen-bond donors (Lipinski definition) is 1. The molecular weight excluding hydrogens is 308 g/mol. The normalized spacial score (nSPS) is 10.1. The molecule has 0 aliphatic rings. The van der Waals surface area contributed by atoms with E-state index < -0.39 is 5.91 Å². The van der Waals surface area contributed by atoms with Gasteiger partial charge in [0, 0.05) is 30.3 Å². The van der Waals surface area contributed by atoms with Gasteiger partial charge in [-0.2, -0.15) is 0 Å². The Labute approximate surface area is 140 Å². The zero-order valence-electron chi connectivity index (χ0n) is 13.9. The lowest BCUT2D eigenvalue weighted by Gasteiger charge is -2.20. The van der Waals surface area contributed by atoms with Crippen LogP contribution in [-0.2, 0) is 6.54 Å². The van der Waals surface area contributed by atoms with Crippen molar-refractivity contribution in [1.82, 2.24) is 4.90 Å². The maximum absolute atomic E-state index is 12.5. The number of carbonyl (C=O) groups is 2. The molecule has 0 saturated heterocycles. The third kappa shape index (κ3) is 3.65. The molecule has 126 valence electrons. The summed E-state index contributed by atoms with van der Waals surface area (Å²) in [5.41, 5.74) is 6.88. The molecule has 0 unspecified atom stereocenters. The first-order valence-electron chi connectivity index (χ1n) is 7.33. The van der Waals surface area contributed by atoms with Crippen molar-refractivity contribution in [1.29, 1.82) is 0 Å². The predicted octanol–water partition coefficient (Wildman–Crippen LogP) is 2.07. The van der Waals surface area contributed by atoms with Crippen LogP contribution in [0.25, 0.3) is 0 Å². The molecule has 0 fully saturated rings. The quantitative estimate of drug-likeness (QED) is 0.880. The van der Waals surface area contributed by atoms with Crippen LogP contribution in [0.5, 0.6) is 11.5 Å². The Balaban J connectivity index is 2.19. The Morgan fingerprint density at radius 3 is 2.17 bits per heavy atom. The molecule has 0 atom stereocenters. The van der Waals surface area contributed by atoms with E-state index in [2.05, 4.69) is 0 Å². The fraction of sp³-hybridized carbons (Fsp3) is 0.222. The lowest BCUT2D eigenvalue weighted by atomic mass is 10.1. The van der Waals surface area contributed by atoms with Gasteiger partial charge in [0.1, 0.15) is 0 Å². The first kappa shape index (κ1) is 17.3. The van der Waals surface area contributed by atoms with E-state index in [0.717, 1.165) is 5.56 Å². The van der Waals surface area contributed by atoms with Crippen LogP contribution in [0.4, 0.5) is 0 Å². The average Bonchev–Trinajstić information content (AvgIpc) is 2.60. The molecule has 2 aromatic rings. The fourth-order valence-corrected chi connectivity index (χ4v) is 2.40. The molecule has 2 amide bonds. The minimum atomic E-state index is -0.525. The highest BCUT2D eigenvalue weighted by Crippen LogP contribution is 2.31. The van der Waals surface area contributed by atoms with E-state index in [1.54, 1.807) is 44.4 Å². The minimum absolute atomic E-state index is 0.170. The van der Waals surface area contributed by atoms with Crippen molar-refractivity contribution in [3.63, 3.8) is 0 Å². The van der Waals surface area contributed by atoms with Crippen LogP contribution in [0.3, 0.4) is 0 Å². The third-order valence-corrected chi connectivity index (χ3v) is 3.66. The van der Waals surface area contributed by atoms with Gasteiger partial charge >= 0.3 is 0 Å². The molecular formula is C18H20N2O4. The highest BCUT2D eigenvalue weighted by molar-refractivity contribution is 5.97. The summed E-state index contributed by atoms with van der Waals surface area (Å²) in [5.74, 6) is 0.518. The van der Waals surface area contributed by atoms with Gasteiger partial charge in [-0.1, -0.05) is 12.1 Å². The highest BCUT2D eigenvalue weighted by Gasteiger charge is 2.16. The van der Waals surface area contributed by atoms with Crippen molar-refractivity contribution in [2.24, 2.45) is 5.73 Å². The summed E-state index contributed by atoms with van der Waals surface area (Å²) in [7, 11) is 4.83. The number of nitrogens with zero attached hydrogens (tertiary/aromatic N) is 1. The maximum atomic E-state index is 12.5. The number of hydrogen-bond acceptors (Lipinski definition) is 4. The first-order valence-corrected chi connectivity index (χ1v) is 7.33. The molecule has 6 heteroatoms. The van der Waals surface area contributed by atoms with E-state index in [4.69, 9.17) is 15.2 Å². The number of amides is 2. The standard InChI is InChI=1S/C18H20N2O4/c1-20(11-14-5-4-6-15(23-2)16(14)24-3)18(22)13-9-7-12(8-10-13)17(19)21/h4-10H,11H2,1-3H3,(H2,19,21). The molecule has 24 heavy (non-hydrogen) atoms. The minimum Gasteiger partial charge on any atom is -0.493 e. The van der Waals surface area contributed by atoms with Gasteiger partial charge in [0.25, 0.3) is 5.91 Å². The topological polar surface area (TPSA) is 81.9 Å². The Morgan fingerprint density at radius 1 is 1.00 bits per heavy atom. The Morgan fingerprint density at radius 2 is 1.62 bits per heavy atom. The highest BCUT2D eigenvalue weighted by atomic mass is 16.5. The summed E-state index contributed by atoms with van der Waals surface area (Å²) in [6.07, 6.45) is 0. The van der Waals surface area contributed by atoms with E-state index in [9.17, 15) is 9.59 Å². The SMILES string of the molecule is COc1cccc(CN(C)C(=O)c2ccc(C(N)=O)cc2)c1OC. The molecule has 0 spiro atoms. The van der Waals surface area contributed by atoms with Gasteiger partial charge in [-0.3, -0.25) is 9.59 Å². The maximum Gasteiger partial charge on any atom is 0.253 e. The predicted molar refractivity (Wildman–Crippen MR) is 90.3 cm³/mol. The lowest BCUT2D eigenvalue weighted by molar-refractivity contribution is 0.0783. The van der Waals surface area contributed by atoms with Gasteiger partial charge in [-0.05, 0) is 30.3 Å². The number of methoxy groups -OCH3 is 2. The van der Waals surface area contributed by atoms with E-state index in [1.165, 1.54) is 12.1 Å². The monoisotopic (exact) mass is 328 g/mol. The molecule has 0 aliphatic heterocycles. The zero-order chi connectivity index (χ0) is 17.7. The summed E-state index contributed by atoms with van der Waals surface area (Å²) in [6.45, 7) is 0.358. The molecule has 0 saturated carbocycles. The Hall–Kier alpha value is -3.02. The molecule has 0 radical (unpaired) electrons. The lowest BCUT2D eigenvalue weighted by Crippen LogP contribution is -2.26. The van der Waals surface area contributed by atoms with Crippen LogP contribution >= 0.6 is 0 Å². The van der Waals surface area contributed by atoms with Gasteiger partial charge in [-0.25, -0.2) is 0 Å². The molecule has 0 aliphatic carbocycles. The van der Waals surface area contributed by atoms with Gasteiger partial charge in [0.05, 0.1) is 14.2 Å². The van der Waals surface area contributed by atoms with Crippen molar-refractivity contribution in [2.45, 2.75) is 6.54 Å². The molecule has 0 heterocycles. The zero-order valence-corrected chi connectivity index (χ0v) is 13.9. The second kappa shape index (κ2) is 7.50. The van der Waals surface area contributed by atoms with Crippen LogP contribution in [-0.4, -0.2) is 38.0 Å². The fourth-order valence-electron chi connectivity index (χ4n) is 2.40. The van der Waals surface area contributed by atoms with Crippen molar-refractivity contribution in [2.75, 3.05) is 21.3 Å². The van der Waals surface area contributed by atoms with Crippen molar-refractivity contribution >= 4 is 11.8 Å². The largest absolute Gasteiger partial charge is 0.493 e. The molecule has 2 N–H and O–H groups in total. The average molecular weight is 328 g/mol. The number of primary amides is 1. The second-order valence-corrected chi connectivity index (χ2v) is 5.26. The van der Waals surface area contributed by atoms with Crippen LogP contribution < -0.4 is 15.2 Å². The van der Waals surface area contributed by atoms with Crippen molar-refractivity contribution in [3.8, 4) is 11.5 Å². The van der Waals surface area contributed by atoms with Crippen LogP contribution in [0, 0.1) is 0 Å². The van der Waals surface area contributed by atoms with E-state index >= 15 is 0 Å². The van der Waals surface area contributed by atoms with Crippen molar-refractivity contribution < 1.29 is 19.1 Å². The molecule has 2 aromatic carbocycles. The van der Waals surface area contributed by atoms with E-state index in [1.807, 2.05) is 12.1 Å². The summed E-state index contributed by atoms with van der Waals surface area (Å²) in [5, 5.41) is 0. The van der Waals surface area contributed by atoms with E-state index in [-0.39, 0.29) is 5.91 Å². The van der Waals surface area contributed by atoms with Gasteiger partial charge in [-0.15, -0.1) is 0 Å². The third-order valence-electron chi connectivity index (χ3n) is 3.66. The molecule has 0 bridgehead atoms. The van der Waals surface area contributed by atoms with Gasteiger partial charge < -0.3 is 20.1 Å². The van der Waals surface area contributed by atoms with Crippen LogP contribution in [0.15, 0.2) is 42.5 Å². The molecule has 6 nitrogen and oxygen atoms in total. The van der Waals surface area contributed by atoms with E-state index in [0.29, 0.717) is 29.2 Å². The second-order valence-electron chi connectivity index (χ2n) is 5.26. The van der Waals surface area contributed by atoms with Gasteiger partial charge in [0.2, 0.25) is 5.91 Å². The van der Waals surface area contributed by atoms with Crippen LogP contribution in [0.2, 0.25) is 0 Å². The van der Waals surface area contributed by atoms with Crippen molar-refractivity contribution in [3.05, 3.63) is 59.2 Å². The Kier molecular flexibility index (Phi) is 5.42. The number of ether oxygens (including phenoxy) is 2. The van der Waals surface area contributed by atoms with Gasteiger partial charge in [0.15, 0.2) is 11.5 Å². The number of carbonyl (C=O) groups excluding carboxylic acids is 2. The smallest absolute Gasteiger partial charge is 0.253 e. The summed E-state index contributed by atoms with van der Waals surface area (Å²) in [6, 6.07) is 11.8. The number of para-hydroxylation sites is 1. The molecule has 0 aromatic heterocycles. The molecule has 2 rings (SSSR count). The summed E-state index contributed by atoms with van der Waals surface area (Å²) in [4.78, 5) is 25.2. The summed E-state index contributed by atoms with van der Waals surface area (Å²) < 4.78 is 10.6. The first-order chi connectivity index (χ1) is 11.5. The summed E-state index contributed by atoms with van der Waals surface area (Å²) >= 11 is 0. The number of benzene rings is 2. The Bertz CT molecular complexity index is 741. The van der Waals surface area contributed by atoms with Crippen LogP contribution in [0.1, 0.15) is 26.3 Å². The number of rotatable bonds is 6.